The standard InChI is InChI=1S/C20H25ClN2O3S/c1-4-16-9-11-17(12-10-16)15(2)22-20(24)14-23(27(3,25)26)13-18-7-5-6-8-19(18)21/h5-12,15H,4,13-14H2,1-3H3,(H,22,24). The molecule has 5 nitrogen and oxygen atoms in total. The Morgan fingerprint density at radius 1 is 1.15 bits per heavy atom. The fraction of sp³-hybridized carbons (Fsp3) is 0.350. The molecular weight excluding hydrogens is 384 g/mol. The number of benzene rings is 2. The molecule has 0 bridgehead atoms. The van der Waals surface area contributed by atoms with Crippen molar-refractivity contribution in [2.24, 2.45) is 0 Å². The van der Waals surface area contributed by atoms with Crippen LogP contribution in [0.5, 0.6) is 0 Å². The van der Waals surface area contributed by atoms with E-state index in [1.54, 1.807) is 24.3 Å². The predicted octanol–water partition coefficient (Wildman–Crippen LogP) is 3.54. The van der Waals surface area contributed by atoms with Crippen molar-refractivity contribution in [1.82, 2.24) is 9.62 Å². The minimum atomic E-state index is -3.57. The Bertz CT molecular complexity index is 882. The van der Waals surface area contributed by atoms with Crippen LogP contribution in [0.3, 0.4) is 0 Å². The van der Waals surface area contributed by atoms with Crippen molar-refractivity contribution < 1.29 is 13.2 Å². The molecule has 0 saturated carbocycles. The van der Waals surface area contributed by atoms with Gasteiger partial charge in [-0.2, -0.15) is 4.31 Å². The maximum Gasteiger partial charge on any atom is 0.235 e. The Hall–Kier alpha value is -1.89. The van der Waals surface area contributed by atoms with Crippen LogP contribution >= 0.6 is 11.6 Å². The van der Waals surface area contributed by atoms with Gasteiger partial charge in [-0.1, -0.05) is 61.0 Å². The second-order valence-electron chi connectivity index (χ2n) is 6.51. The molecule has 0 aliphatic rings. The first-order chi connectivity index (χ1) is 12.7. The van der Waals surface area contributed by atoms with E-state index in [1.165, 1.54) is 5.56 Å². The summed E-state index contributed by atoms with van der Waals surface area (Å²) in [7, 11) is -3.57. The summed E-state index contributed by atoms with van der Waals surface area (Å²) in [6, 6.07) is 14.8. The number of carbonyl (C=O) groups excluding carboxylic acids is 1. The van der Waals surface area contributed by atoms with Gasteiger partial charge in [-0.15, -0.1) is 0 Å². The molecule has 2 rings (SSSR count). The number of aryl methyl sites for hydroxylation is 1. The van der Waals surface area contributed by atoms with Crippen LogP contribution in [-0.2, 0) is 27.8 Å². The molecule has 1 N–H and O–H groups in total. The molecule has 146 valence electrons. The first-order valence-corrected chi connectivity index (χ1v) is 11.0. The molecule has 2 aromatic carbocycles. The highest BCUT2D eigenvalue weighted by atomic mass is 35.5. The lowest BCUT2D eigenvalue weighted by molar-refractivity contribution is -0.122. The Kier molecular flexibility index (Phi) is 7.41. The topological polar surface area (TPSA) is 66.5 Å². The van der Waals surface area contributed by atoms with Gasteiger partial charge in [0.25, 0.3) is 0 Å². The van der Waals surface area contributed by atoms with Gasteiger partial charge < -0.3 is 5.32 Å². The number of amides is 1. The first-order valence-electron chi connectivity index (χ1n) is 8.77. The fourth-order valence-electron chi connectivity index (χ4n) is 2.68. The molecule has 0 radical (unpaired) electrons. The van der Waals surface area contributed by atoms with Gasteiger partial charge in [0.05, 0.1) is 18.8 Å². The summed E-state index contributed by atoms with van der Waals surface area (Å²) in [5.74, 6) is -0.362. The lowest BCUT2D eigenvalue weighted by Gasteiger charge is -2.22. The van der Waals surface area contributed by atoms with Crippen LogP contribution in [0.2, 0.25) is 5.02 Å². The van der Waals surface area contributed by atoms with E-state index in [1.807, 2.05) is 31.2 Å². The number of nitrogens with one attached hydrogen (secondary N) is 1. The third-order valence-corrected chi connectivity index (χ3v) is 5.92. The van der Waals surface area contributed by atoms with Gasteiger partial charge in [0, 0.05) is 11.6 Å². The lowest BCUT2D eigenvalue weighted by Crippen LogP contribution is -2.40. The quantitative estimate of drug-likeness (QED) is 0.726. The molecule has 7 heteroatoms. The van der Waals surface area contributed by atoms with Crippen LogP contribution in [0.1, 0.15) is 36.6 Å². The monoisotopic (exact) mass is 408 g/mol. The van der Waals surface area contributed by atoms with Crippen LogP contribution in [0.4, 0.5) is 0 Å². The molecule has 27 heavy (non-hydrogen) atoms. The SMILES string of the molecule is CCc1ccc(C(C)NC(=O)CN(Cc2ccccc2Cl)S(C)(=O)=O)cc1. The molecule has 0 aliphatic heterocycles. The summed E-state index contributed by atoms with van der Waals surface area (Å²) in [5, 5.41) is 3.33. The van der Waals surface area contributed by atoms with Crippen molar-refractivity contribution in [3.8, 4) is 0 Å². The second kappa shape index (κ2) is 9.35. The maximum atomic E-state index is 12.4. The van der Waals surface area contributed by atoms with E-state index in [2.05, 4.69) is 12.2 Å². The molecular formula is C20H25ClN2O3S. The van der Waals surface area contributed by atoms with Crippen LogP contribution in [0.15, 0.2) is 48.5 Å². The summed E-state index contributed by atoms with van der Waals surface area (Å²) in [6.07, 6.45) is 2.04. The van der Waals surface area contributed by atoms with Crippen molar-refractivity contribution in [2.75, 3.05) is 12.8 Å². The number of sulfonamides is 1. The summed E-state index contributed by atoms with van der Waals surface area (Å²) in [5.41, 5.74) is 2.85. The van der Waals surface area contributed by atoms with Crippen LogP contribution in [0.25, 0.3) is 0 Å². The molecule has 0 aromatic heterocycles. The zero-order valence-electron chi connectivity index (χ0n) is 15.8. The Morgan fingerprint density at radius 2 is 1.78 bits per heavy atom. The molecule has 0 spiro atoms. The maximum absolute atomic E-state index is 12.4. The zero-order valence-corrected chi connectivity index (χ0v) is 17.3. The number of carbonyl (C=O) groups is 1. The van der Waals surface area contributed by atoms with E-state index >= 15 is 0 Å². The predicted molar refractivity (Wildman–Crippen MR) is 109 cm³/mol. The Morgan fingerprint density at radius 3 is 2.33 bits per heavy atom. The minimum absolute atomic E-state index is 0.0471. The highest BCUT2D eigenvalue weighted by Crippen LogP contribution is 2.19. The second-order valence-corrected chi connectivity index (χ2v) is 8.90. The number of hydrogen-bond donors (Lipinski definition) is 1. The highest BCUT2D eigenvalue weighted by Gasteiger charge is 2.22. The van der Waals surface area contributed by atoms with Gasteiger partial charge in [0.1, 0.15) is 0 Å². The molecule has 0 aliphatic carbocycles. The average molecular weight is 409 g/mol. The third-order valence-electron chi connectivity index (χ3n) is 4.36. The van der Waals surface area contributed by atoms with Gasteiger partial charge in [0.15, 0.2) is 0 Å². The molecule has 1 amide bonds. The molecule has 1 unspecified atom stereocenters. The highest BCUT2D eigenvalue weighted by molar-refractivity contribution is 7.88. The van der Waals surface area contributed by atoms with Crippen molar-refractivity contribution in [2.45, 2.75) is 32.9 Å². The first kappa shape index (κ1) is 21.4. The van der Waals surface area contributed by atoms with Gasteiger partial charge in [-0.25, -0.2) is 8.42 Å². The normalized spacial score (nSPS) is 12.8. The largest absolute Gasteiger partial charge is 0.348 e. The lowest BCUT2D eigenvalue weighted by atomic mass is 10.1. The Labute approximate surface area is 166 Å². The van der Waals surface area contributed by atoms with Gasteiger partial charge in [-0.3, -0.25) is 4.79 Å². The number of halogens is 1. The third kappa shape index (κ3) is 6.34. The van der Waals surface area contributed by atoms with E-state index in [4.69, 9.17) is 11.6 Å². The van der Waals surface area contributed by atoms with Crippen LogP contribution < -0.4 is 5.32 Å². The van der Waals surface area contributed by atoms with Gasteiger partial charge in [0.2, 0.25) is 15.9 Å². The fourth-order valence-corrected chi connectivity index (χ4v) is 3.60. The summed E-state index contributed by atoms with van der Waals surface area (Å²) >= 11 is 6.12. The van der Waals surface area contributed by atoms with Crippen LogP contribution in [0, 0.1) is 0 Å². The molecule has 0 fully saturated rings. The molecule has 2 aromatic rings. The number of nitrogens with zero attached hydrogens (tertiary/aromatic N) is 1. The Balaban J connectivity index is 2.06. The van der Waals surface area contributed by atoms with Crippen molar-refractivity contribution in [3.63, 3.8) is 0 Å². The van der Waals surface area contributed by atoms with Gasteiger partial charge >= 0.3 is 0 Å². The van der Waals surface area contributed by atoms with Crippen LogP contribution in [-0.4, -0.2) is 31.4 Å². The summed E-state index contributed by atoms with van der Waals surface area (Å²) in [6.45, 7) is 3.74. The smallest absolute Gasteiger partial charge is 0.235 e. The number of rotatable bonds is 8. The zero-order chi connectivity index (χ0) is 20.0. The van der Waals surface area contributed by atoms with E-state index in [-0.39, 0.29) is 25.0 Å². The van der Waals surface area contributed by atoms with Gasteiger partial charge in [-0.05, 0) is 36.1 Å². The van der Waals surface area contributed by atoms with E-state index in [9.17, 15) is 13.2 Å². The number of hydrogen-bond acceptors (Lipinski definition) is 3. The average Bonchev–Trinajstić information content (AvgIpc) is 2.62. The molecule has 1 atom stereocenters. The van der Waals surface area contributed by atoms with Crippen molar-refractivity contribution in [3.05, 3.63) is 70.2 Å². The van der Waals surface area contributed by atoms with Crippen molar-refractivity contribution >= 4 is 27.5 Å². The summed E-state index contributed by atoms with van der Waals surface area (Å²) < 4.78 is 25.3. The summed E-state index contributed by atoms with van der Waals surface area (Å²) in [4.78, 5) is 12.4. The van der Waals surface area contributed by atoms with Crippen molar-refractivity contribution in [1.29, 1.82) is 0 Å². The minimum Gasteiger partial charge on any atom is -0.348 e. The molecule has 0 heterocycles. The van der Waals surface area contributed by atoms with E-state index < -0.39 is 10.0 Å². The molecule has 0 saturated heterocycles. The van der Waals surface area contributed by atoms with E-state index in [0.29, 0.717) is 10.6 Å². The van der Waals surface area contributed by atoms with E-state index in [0.717, 1.165) is 22.5 Å².